The van der Waals surface area contributed by atoms with Gasteiger partial charge in [0.1, 0.15) is 34.6 Å². The molecule has 0 bridgehead atoms. The maximum atomic E-state index is 11.5. The topological polar surface area (TPSA) is 86.7 Å². The smallest absolute Gasteiger partial charge is 0.140 e. The van der Waals surface area contributed by atoms with Gasteiger partial charge in [-0.25, -0.2) is 0 Å². The minimum absolute atomic E-state index is 0.00886. The number of rotatable bonds is 6. The predicted molar refractivity (Wildman–Crippen MR) is 147 cm³/mol. The average Bonchev–Trinajstić information content (AvgIpc) is 2.77. The SMILES string of the molecule is CC(Oc1cc(Cl)cc(Cl)c1)C1CC(=O)CC(=O)C1.Cc1cc(C)cc(O[C@@H](C)C2CC(=O)CC(=O)C2)c1. The van der Waals surface area contributed by atoms with Crippen molar-refractivity contribution >= 4 is 46.3 Å². The quantitative estimate of drug-likeness (QED) is 0.365. The third-order valence-corrected chi connectivity index (χ3v) is 7.19. The Hall–Kier alpha value is -2.70. The van der Waals surface area contributed by atoms with Crippen LogP contribution in [0.5, 0.6) is 11.5 Å². The molecule has 0 radical (unpaired) electrons. The van der Waals surface area contributed by atoms with E-state index in [1.54, 1.807) is 18.2 Å². The summed E-state index contributed by atoms with van der Waals surface area (Å²) >= 11 is 11.8. The van der Waals surface area contributed by atoms with Crippen LogP contribution in [0.15, 0.2) is 36.4 Å². The Bertz CT molecular complexity index is 1040. The van der Waals surface area contributed by atoms with Crippen LogP contribution in [0.3, 0.4) is 0 Å². The van der Waals surface area contributed by atoms with Crippen LogP contribution in [0.25, 0.3) is 0 Å². The summed E-state index contributed by atoms with van der Waals surface area (Å²) in [6.07, 6.45) is 1.51. The molecule has 2 aromatic carbocycles. The van der Waals surface area contributed by atoms with Gasteiger partial charge in [0.05, 0.1) is 25.0 Å². The standard InChI is InChI=1S/C16H20O3.C14H14Cl2O3/c1-10-4-11(2)6-16(5-10)19-12(3)13-7-14(17)9-15(18)8-13;1-8(9-2-12(17)7-13(18)3-9)19-14-5-10(15)4-11(16)6-14/h4-6,12-13H,7-9H2,1-3H3;4-6,8-9H,2-3,7H2,1H3/t12-;/m0./s1. The molecule has 4 rings (SSSR count). The predicted octanol–water partition coefficient (Wildman–Crippen LogP) is 6.71. The van der Waals surface area contributed by atoms with Gasteiger partial charge in [-0.15, -0.1) is 0 Å². The van der Waals surface area contributed by atoms with E-state index < -0.39 is 0 Å². The van der Waals surface area contributed by atoms with Crippen molar-refractivity contribution < 1.29 is 28.7 Å². The second kappa shape index (κ2) is 13.4. The van der Waals surface area contributed by atoms with E-state index in [0.29, 0.717) is 41.5 Å². The van der Waals surface area contributed by atoms with Crippen LogP contribution in [0.1, 0.15) is 63.5 Å². The Labute approximate surface area is 234 Å². The first-order valence-electron chi connectivity index (χ1n) is 12.8. The Morgan fingerprint density at radius 1 is 0.605 bits per heavy atom. The van der Waals surface area contributed by atoms with Gasteiger partial charge in [0.15, 0.2) is 0 Å². The largest absolute Gasteiger partial charge is 0.490 e. The number of benzene rings is 2. The van der Waals surface area contributed by atoms with Gasteiger partial charge in [0.25, 0.3) is 0 Å². The third kappa shape index (κ3) is 9.25. The van der Waals surface area contributed by atoms with E-state index in [9.17, 15) is 19.2 Å². The van der Waals surface area contributed by atoms with Gasteiger partial charge in [-0.1, -0.05) is 29.3 Å². The zero-order chi connectivity index (χ0) is 28.0. The van der Waals surface area contributed by atoms with Crippen molar-refractivity contribution in [1.29, 1.82) is 0 Å². The lowest BCUT2D eigenvalue weighted by atomic mass is 9.84. The molecule has 0 heterocycles. The zero-order valence-electron chi connectivity index (χ0n) is 22.2. The Morgan fingerprint density at radius 2 is 0.947 bits per heavy atom. The highest BCUT2D eigenvalue weighted by molar-refractivity contribution is 6.34. The highest BCUT2D eigenvalue weighted by Crippen LogP contribution is 2.29. The molecule has 0 spiro atoms. The number of aryl methyl sites for hydroxylation is 2. The summed E-state index contributed by atoms with van der Waals surface area (Å²) in [7, 11) is 0. The fourth-order valence-corrected chi connectivity index (χ4v) is 5.43. The fraction of sp³-hybridized carbons (Fsp3) is 0.467. The van der Waals surface area contributed by atoms with E-state index in [-0.39, 0.29) is 60.0 Å². The van der Waals surface area contributed by atoms with Crippen molar-refractivity contribution in [1.82, 2.24) is 0 Å². The number of ketones is 4. The number of carbonyl (C=O) groups is 4. The normalized spacial score (nSPS) is 18.5. The second-order valence-electron chi connectivity index (χ2n) is 10.4. The summed E-state index contributed by atoms with van der Waals surface area (Å²) in [6, 6.07) is 11.0. The van der Waals surface area contributed by atoms with E-state index in [1.807, 2.05) is 39.8 Å². The van der Waals surface area contributed by atoms with Crippen LogP contribution in [-0.2, 0) is 19.2 Å². The molecule has 0 aliphatic heterocycles. The lowest BCUT2D eigenvalue weighted by Crippen LogP contribution is -2.32. The van der Waals surface area contributed by atoms with Crippen molar-refractivity contribution in [2.45, 2.75) is 78.4 Å². The first kappa shape index (κ1) is 29.9. The Kier molecular flexibility index (Phi) is 10.5. The van der Waals surface area contributed by atoms with E-state index in [2.05, 4.69) is 6.07 Å². The molecule has 0 saturated heterocycles. The van der Waals surface area contributed by atoms with Crippen molar-refractivity contribution in [3.63, 3.8) is 0 Å². The monoisotopic (exact) mass is 560 g/mol. The fourth-order valence-electron chi connectivity index (χ4n) is 4.93. The van der Waals surface area contributed by atoms with Gasteiger partial charge in [-0.2, -0.15) is 0 Å². The van der Waals surface area contributed by atoms with E-state index in [0.717, 1.165) is 16.9 Å². The molecule has 0 aromatic heterocycles. The van der Waals surface area contributed by atoms with Crippen molar-refractivity contribution in [2.75, 3.05) is 0 Å². The van der Waals surface area contributed by atoms with E-state index in [4.69, 9.17) is 32.7 Å². The Balaban J connectivity index is 0.000000211. The summed E-state index contributed by atoms with van der Waals surface area (Å²) in [5.41, 5.74) is 2.30. The van der Waals surface area contributed by atoms with Crippen LogP contribution in [0, 0.1) is 25.7 Å². The number of hydrogen-bond acceptors (Lipinski definition) is 6. The van der Waals surface area contributed by atoms with Crippen LogP contribution in [-0.4, -0.2) is 35.3 Å². The summed E-state index contributed by atoms with van der Waals surface area (Å²) in [5.74, 6) is 1.35. The van der Waals surface area contributed by atoms with Crippen molar-refractivity contribution in [3.8, 4) is 11.5 Å². The minimum Gasteiger partial charge on any atom is -0.490 e. The molecular formula is C30H34Cl2O6. The third-order valence-electron chi connectivity index (χ3n) is 6.75. The molecular weight excluding hydrogens is 527 g/mol. The lowest BCUT2D eigenvalue weighted by molar-refractivity contribution is -0.134. The van der Waals surface area contributed by atoms with Gasteiger partial charge >= 0.3 is 0 Å². The molecule has 2 atom stereocenters. The highest BCUT2D eigenvalue weighted by Gasteiger charge is 2.31. The summed E-state index contributed by atoms with van der Waals surface area (Å²) in [6.45, 7) is 7.84. The molecule has 0 N–H and O–H groups in total. The van der Waals surface area contributed by atoms with Crippen LogP contribution < -0.4 is 9.47 Å². The second-order valence-corrected chi connectivity index (χ2v) is 11.3. The molecule has 2 aliphatic rings. The summed E-state index contributed by atoms with van der Waals surface area (Å²) in [5, 5.41) is 0.982. The number of halogens is 2. The Morgan fingerprint density at radius 3 is 1.32 bits per heavy atom. The minimum atomic E-state index is -0.234. The van der Waals surface area contributed by atoms with Crippen LogP contribution >= 0.6 is 23.2 Å². The molecule has 8 heteroatoms. The van der Waals surface area contributed by atoms with Crippen LogP contribution in [0.4, 0.5) is 0 Å². The number of carbonyl (C=O) groups excluding carboxylic acids is 4. The first-order valence-corrected chi connectivity index (χ1v) is 13.6. The van der Waals surface area contributed by atoms with Gasteiger partial charge < -0.3 is 9.47 Å². The highest BCUT2D eigenvalue weighted by atomic mass is 35.5. The zero-order valence-corrected chi connectivity index (χ0v) is 23.7. The van der Waals surface area contributed by atoms with E-state index >= 15 is 0 Å². The van der Waals surface area contributed by atoms with Gasteiger partial charge in [0, 0.05) is 47.6 Å². The van der Waals surface area contributed by atoms with Crippen LogP contribution in [0.2, 0.25) is 10.0 Å². The van der Waals surface area contributed by atoms with E-state index in [1.165, 1.54) is 0 Å². The molecule has 38 heavy (non-hydrogen) atoms. The first-order chi connectivity index (χ1) is 17.9. The molecule has 2 aromatic rings. The maximum Gasteiger partial charge on any atom is 0.140 e. The maximum absolute atomic E-state index is 11.5. The molecule has 2 aliphatic carbocycles. The number of hydrogen-bond donors (Lipinski definition) is 0. The summed E-state index contributed by atoms with van der Waals surface area (Å²) in [4.78, 5) is 45.8. The van der Waals surface area contributed by atoms with Crippen molar-refractivity contribution in [2.24, 2.45) is 11.8 Å². The molecule has 6 nitrogen and oxygen atoms in total. The number of ether oxygens (including phenoxy) is 2. The lowest BCUT2D eigenvalue weighted by Gasteiger charge is -2.27. The summed E-state index contributed by atoms with van der Waals surface area (Å²) < 4.78 is 11.6. The number of Topliss-reactive ketones (excluding diaryl/α,β-unsaturated/α-hetero) is 4. The van der Waals surface area contributed by atoms with Gasteiger partial charge in [0.2, 0.25) is 0 Å². The molecule has 2 saturated carbocycles. The molecule has 204 valence electrons. The molecule has 1 unspecified atom stereocenters. The average molecular weight is 562 g/mol. The molecule has 0 amide bonds. The molecule has 2 fully saturated rings. The van der Waals surface area contributed by atoms with Gasteiger partial charge in [-0.05, 0) is 69.2 Å². The van der Waals surface area contributed by atoms with Crippen molar-refractivity contribution in [3.05, 3.63) is 57.6 Å². The van der Waals surface area contributed by atoms with Gasteiger partial charge in [-0.3, -0.25) is 19.2 Å².